The first kappa shape index (κ1) is 16.0. The third-order valence-electron chi connectivity index (χ3n) is 3.80. The molecule has 1 aliphatic heterocycles. The fraction of sp³-hybridized carbons (Fsp3) is 0.312. The van der Waals surface area contributed by atoms with E-state index in [2.05, 4.69) is 10.3 Å². The number of nitrogens with one attached hydrogen (secondary N) is 1. The zero-order chi connectivity index (χ0) is 16.2. The largest absolute Gasteiger partial charge is 0.330 e. The van der Waals surface area contributed by atoms with E-state index in [-0.39, 0.29) is 17.0 Å². The van der Waals surface area contributed by atoms with Crippen molar-refractivity contribution < 1.29 is 9.59 Å². The third-order valence-corrected chi connectivity index (χ3v) is 4.98. The van der Waals surface area contributed by atoms with Gasteiger partial charge in [0.05, 0.1) is 12.1 Å². The fourth-order valence-electron chi connectivity index (χ4n) is 2.70. The smallest absolute Gasteiger partial charge is 0.247 e. The molecule has 0 saturated carbocycles. The summed E-state index contributed by atoms with van der Waals surface area (Å²) in [6.07, 6.45) is 3.40. The van der Waals surface area contributed by atoms with Gasteiger partial charge in [-0.05, 0) is 36.4 Å². The molecule has 0 aliphatic carbocycles. The van der Waals surface area contributed by atoms with Crippen LogP contribution in [0.15, 0.2) is 35.8 Å². The van der Waals surface area contributed by atoms with E-state index >= 15 is 0 Å². The van der Waals surface area contributed by atoms with Crippen molar-refractivity contribution in [2.45, 2.75) is 25.3 Å². The molecule has 0 unspecified atom stereocenters. The van der Waals surface area contributed by atoms with Gasteiger partial charge >= 0.3 is 0 Å². The van der Waals surface area contributed by atoms with E-state index in [9.17, 15) is 9.59 Å². The van der Waals surface area contributed by atoms with E-state index in [0.29, 0.717) is 25.1 Å². The average Bonchev–Trinajstić information content (AvgIpc) is 3.20. The molecule has 1 atom stereocenters. The number of aromatic nitrogens is 1. The van der Waals surface area contributed by atoms with Gasteiger partial charge in [-0.1, -0.05) is 17.7 Å². The summed E-state index contributed by atoms with van der Waals surface area (Å²) in [4.78, 5) is 31.6. The Morgan fingerprint density at radius 2 is 2.26 bits per heavy atom. The van der Waals surface area contributed by atoms with Gasteiger partial charge in [-0.15, -0.1) is 11.3 Å². The number of likely N-dealkylation sites (tertiary alicyclic amines) is 1. The molecule has 23 heavy (non-hydrogen) atoms. The van der Waals surface area contributed by atoms with E-state index in [1.165, 1.54) is 0 Å². The number of anilines is 1. The number of pyridine rings is 1. The Balaban J connectivity index is 1.67. The van der Waals surface area contributed by atoms with Gasteiger partial charge in [0.15, 0.2) is 5.15 Å². The van der Waals surface area contributed by atoms with Crippen molar-refractivity contribution in [1.82, 2.24) is 9.88 Å². The van der Waals surface area contributed by atoms with Crippen molar-refractivity contribution in [2.24, 2.45) is 0 Å². The van der Waals surface area contributed by atoms with E-state index in [4.69, 9.17) is 11.6 Å². The van der Waals surface area contributed by atoms with Gasteiger partial charge in [0.2, 0.25) is 11.8 Å². The van der Waals surface area contributed by atoms with E-state index < -0.39 is 6.04 Å². The second-order valence-corrected chi connectivity index (χ2v) is 6.72. The quantitative estimate of drug-likeness (QED) is 0.863. The highest BCUT2D eigenvalue weighted by Gasteiger charge is 2.34. The SMILES string of the molecule is O=C(Nc1cccnc1Cl)[C@@H]1CCCN1C(=O)Cc1cccs1. The number of carbonyl (C=O) groups excluding carboxylic acids is 2. The van der Waals surface area contributed by atoms with Crippen LogP contribution in [0.5, 0.6) is 0 Å². The molecule has 1 aliphatic rings. The molecule has 3 rings (SSSR count). The normalized spacial score (nSPS) is 17.3. The van der Waals surface area contributed by atoms with Crippen molar-refractivity contribution >= 4 is 40.4 Å². The molecule has 1 saturated heterocycles. The molecular weight excluding hydrogens is 334 g/mol. The van der Waals surface area contributed by atoms with Crippen LogP contribution in [0.2, 0.25) is 5.15 Å². The van der Waals surface area contributed by atoms with Gasteiger partial charge in [0, 0.05) is 17.6 Å². The van der Waals surface area contributed by atoms with Crippen LogP contribution in [-0.2, 0) is 16.0 Å². The highest BCUT2D eigenvalue weighted by Crippen LogP contribution is 2.23. The standard InChI is InChI=1S/C16H16ClN3O2S/c17-15-12(5-1-7-18-15)19-16(22)13-6-2-8-20(13)14(21)10-11-4-3-9-23-11/h1,3-5,7,9,13H,2,6,8,10H2,(H,19,22)/t13-/m0/s1. The highest BCUT2D eigenvalue weighted by molar-refractivity contribution is 7.10. The van der Waals surface area contributed by atoms with Crippen LogP contribution in [0.25, 0.3) is 0 Å². The van der Waals surface area contributed by atoms with E-state index in [1.807, 2.05) is 17.5 Å². The minimum absolute atomic E-state index is 0.0117. The summed E-state index contributed by atoms with van der Waals surface area (Å²) >= 11 is 7.51. The lowest BCUT2D eigenvalue weighted by molar-refractivity contribution is -0.136. The lowest BCUT2D eigenvalue weighted by atomic mass is 10.2. The van der Waals surface area contributed by atoms with Crippen LogP contribution in [-0.4, -0.2) is 34.3 Å². The number of hydrogen-bond donors (Lipinski definition) is 1. The number of amides is 2. The second-order valence-electron chi connectivity index (χ2n) is 5.33. The van der Waals surface area contributed by atoms with Crippen LogP contribution in [0, 0.1) is 0 Å². The number of nitrogens with zero attached hydrogens (tertiary/aromatic N) is 2. The Morgan fingerprint density at radius 1 is 1.39 bits per heavy atom. The van der Waals surface area contributed by atoms with Crippen LogP contribution in [0.4, 0.5) is 5.69 Å². The van der Waals surface area contributed by atoms with Gasteiger partial charge in [-0.25, -0.2) is 4.98 Å². The molecule has 0 bridgehead atoms. The van der Waals surface area contributed by atoms with Crippen molar-refractivity contribution in [3.63, 3.8) is 0 Å². The molecule has 0 radical (unpaired) electrons. The number of carbonyl (C=O) groups is 2. The molecule has 0 spiro atoms. The fourth-order valence-corrected chi connectivity index (χ4v) is 3.56. The summed E-state index contributed by atoms with van der Waals surface area (Å²) < 4.78 is 0. The zero-order valence-electron chi connectivity index (χ0n) is 12.4. The predicted octanol–water partition coefficient (Wildman–Crippen LogP) is 2.97. The molecule has 5 nitrogen and oxygen atoms in total. The molecule has 2 amide bonds. The molecule has 0 aromatic carbocycles. The zero-order valence-corrected chi connectivity index (χ0v) is 13.9. The van der Waals surface area contributed by atoms with Gasteiger partial charge in [-0.3, -0.25) is 9.59 Å². The molecule has 7 heteroatoms. The first-order chi connectivity index (χ1) is 11.1. The predicted molar refractivity (Wildman–Crippen MR) is 90.6 cm³/mol. The van der Waals surface area contributed by atoms with Gasteiger partial charge < -0.3 is 10.2 Å². The third kappa shape index (κ3) is 3.71. The Morgan fingerprint density at radius 3 is 3.00 bits per heavy atom. The maximum Gasteiger partial charge on any atom is 0.247 e. The van der Waals surface area contributed by atoms with Gasteiger partial charge in [0.1, 0.15) is 6.04 Å². The van der Waals surface area contributed by atoms with Crippen LogP contribution in [0.1, 0.15) is 17.7 Å². The topological polar surface area (TPSA) is 62.3 Å². The Bertz CT molecular complexity index is 705. The maximum atomic E-state index is 12.5. The molecule has 2 aromatic heterocycles. The van der Waals surface area contributed by atoms with Crippen molar-refractivity contribution in [3.8, 4) is 0 Å². The summed E-state index contributed by atoms with van der Waals surface area (Å²) in [5, 5.41) is 4.96. The van der Waals surface area contributed by atoms with E-state index in [1.54, 1.807) is 34.6 Å². The van der Waals surface area contributed by atoms with Crippen molar-refractivity contribution in [1.29, 1.82) is 0 Å². The van der Waals surface area contributed by atoms with Crippen LogP contribution in [0.3, 0.4) is 0 Å². The Kier molecular flexibility index (Phi) is 4.93. The summed E-state index contributed by atoms with van der Waals surface area (Å²) in [5.41, 5.74) is 0.469. The Labute approximate surface area is 143 Å². The first-order valence-corrected chi connectivity index (χ1v) is 8.64. The summed E-state index contributed by atoms with van der Waals surface area (Å²) in [5.74, 6) is -0.223. The molecule has 1 fully saturated rings. The highest BCUT2D eigenvalue weighted by atomic mass is 35.5. The lowest BCUT2D eigenvalue weighted by Gasteiger charge is -2.24. The lowest BCUT2D eigenvalue weighted by Crippen LogP contribution is -2.43. The van der Waals surface area contributed by atoms with Crippen molar-refractivity contribution in [2.75, 3.05) is 11.9 Å². The molecule has 120 valence electrons. The number of rotatable bonds is 4. The number of thiophene rings is 1. The van der Waals surface area contributed by atoms with Crippen LogP contribution < -0.4 is 5.32 Å². The monoisotopic (exact) mass is 349 g/mol. The molecular formula is C16H16ClN3O2S. The maximum absolute atomic E-state index is 12.5. The van der Waals surface area contributed by atoms with Gasteiger partial charge in [-0.2, -0.15) is 0 Å². The molecule has 3 heterocycles. The summed E-state index contributed by atoms with van der Waals surface area (Å²) in [7, 11) is 0. The minimum Gasteiger partial charge on any atom is -0.330 e. The van der Waals surface area contributed by atoms with Gasteiger partial charge in [0.25, 0.3) is 0 Å². The molecule has 1 N–H and O–H groups in total. The summed E-state index contributed by atoms with van der Waals surface area (Å²) in [6.45, 7) is 0.614. The van der Waals surface area contributed by atoms with E-state index in [0.717, 1.165) is 11.3 Å². The minimum atomic E-state index is -0.446. The van der Waals surface area contributed by atoms with Crippen LogP contribution >= 0.6 is 22.9 Å². The van der Waals surface area contributed by atoms with Crippen molar-refractivity contribution in [3.05, 3.63) is 45.9 Å². The second kappa shape index (κ2) is 7.10. The summed E-state index contributed by atoms with van der Waals surface area (Å²) in [6, 6.07) is 6.81. The number of halogens is 1. The first-order valence-electron chi connectivity index (χ1n) is 7.38. The Hall–Kier alpha value is -1.92. The average molecular weight is 350 g/mol. The molecule has 2 aromatic rings. The number of hydrogen-bond acceptors (Lipinski definition) is 4.